The normalized spacial score (nSPS) is 11.5. The molecule has 0 saturated heterocycles. The lowest BCUT2D eigenvalue weighted by atomic mass is 9.93. The van der Waals surface area contributed by atoms with Crippen molar-refractivity contribution in [3.63, 3.8) is 0 Å². The molecule has 0 bridgehead atoms. The highest BCUT2D eigenvalue weighted by molar-refractivity contribution is 6.06. The second-order valence-electron chi connectivity index (χ2n) is 10.8. The van der Waals surface area contributed by atoms with Gasteiger partial charge in [0.05, 0.1) is 16.7 Å². The number of hydrogen-bond donors (Lipinski definition) is 0. The van der Waals surface area contributed by atoms with Crippen LogP contribution in [0.15, 0.2) is 109 Å². The minimum atomic E-state index is 0.974. The fraction of sp³-hybridized carbons (Fsp3) is 0.105. The van der Waals surface area contributed by atoms with Crippen LogP contribution in [0.3, 0.4) is 0 Å². The molecular weight excluding hydrogens is 484 g/mol. The Morgan fingerprint density at radius 3 is 1.90 bits per heavy atom. The first-order valence-corrected chi connectivity index (χ1v) is 13.8. The third kappa shape index (κ3) is 3.87. The zero-order chi connectivity index (χ0) is 27.4. The second-order valence-corrected chi connectivity index (χ2v) is 10.8. The standard InChI is InChI=1S/C38H30N2/c1-23-22-39-37-32(24(23)2)18-19-33-25(3)26(4)36(40-38(33)37)31-15-8-13-29(21-31)28-12-7-14-30(20-28)35-17-9-11-27-10-5-6-16-34(27)35/h5-22H,1-4H3. The van der Waals surface area contributed by atoms with E-state index in [4.69, 9.17) is 9.97 Å². The number of aromatic nitrogens is 2. The molecule has 7 aromatic rings. The van der Waals surface area contributed by atoms with Crippen molar-refractivity contribution in [1.29, 1.82) is 0 Å². The predicted molar refractivity (Wildman–Crippen MR) is 170 cm³/mol. The van der Waals surface area contributed by atoms with Crippen molar-refractivity contribution in [1.82, 2.24) is 9.97 Å². The third-order valence-electron chi connectivity index (χ3n) is 8.51. The number of nitrogens with zero attached hydrogens (tertiary/aromatic N) is 2. The van der Waals surface area contributed by atoms with E-state index >= 15 is 0 Å². The second kappa shape index (κ2) is 9.43. The van der Waals surface area contributed by atoms with Crippen molar-refractivity contribution in [3.05, 3.63) is 132 Å². The van der Waals surface area contributed by atoms with Crippen LogP contribution in [0.5, 0.6) is 0 Å². The zero-order valence-corrected chi connectivity index (χ0v) is 23.3. The Bertz CT molecular complexity index is 2100. The van der Waals surface area contributed by atoms with E-state index in [9.17, 15) is 0 Å². The first kappa shape index (κ1) is 24.2. The van der Waals surface area contributed by atoms with E-state index in [0.29, 0.717) is 0 Å². The van der Waals surface area contributed by atoms with Crippen LogP contribution in [0.1, 0.15) is 22.3 Å². The van der Waals surface area contributed by atoms with E-state index in [-0.39, 0.29) is 0 Å². The van der Waals surface area contributed by atoms with Crippen molar-refractivity contribution >= 4 is 32.6 Å². The summed E-state index contributed by atoms with van der Waals surface area (Å²) in [6, 6.07) is 37.2. The van der Waals surface area contributed by atoms with Gasteiger partial charge >= 0.3 is 0 Å². The Kier molecular flexibility index (Phi) is 5.71. The van der Waals surface area contributed by atoms with E-state index in [1.807, 2.05) is 6.20 Å². The Morgan fingerprint density at radius 2 is 1.10 bits per heavy atom. The van der Waals surface area contributed by atoms with E-state index in [0.717, 1.165) is 22.3 Å². The van der Waals surface area contributed by atoms with Gasteiger partial charge in [0.15, 0.2) is 0 Å². The highest BCUT2D eigenvalue weighted by atomic mass is 14.8. The molecule has 2 heterocycles. The molecule has 0 atom stereocenters. The smallest absolute Gasteiger partial charge is 0.0975 e. The van der Waals surface area contributed by atoms with Crippen molar-refractivity contribution in [2.45, 2.75) is 27.7 Å². The summed E-state index contributed by atoms with van der Waals surface area (Å²) in [5.41, 5.74) is 13.9. The van der Waals surface area contributed by atoms with Crippen molar-refractivity contribution in [2.75, 3.05) is 0 Å². The van der Waals surface area contributed by atoms with E-state index < -0.39 is 0 Å². The van der Waals surface area contributed by atoms with Crippen LogP contribution in [0.25, 0.3) is 66.1 Å². The third-order valence-corrected chi connectivity index (χ3v) is 8.51. The molecule has 40 heavy (non-hydrogen) atoms. The zero-order valence-electron chi connectivity index (χ0n) is 23.3. The first-order valence-electron chi connectivity index (χ1n) is 13.8. The minimum absolute atomic E-state index is 0.974. The average Bonchev–Trinajstić information content (AvgIpc) is 3.00. The Morgan fingerprint density at radius 1 is 0.475 bits per heavy atom. The summed E-state index contributed by atoms with van der Waals surface area (Å²) in [4.78, 5) is 10.1. The molecule has 7 rings (SSSR count). The minimum Gasteiger partial charge on any atom is -0.254 e. The van der Waals surface area contributed by atoms with Gasteiger partial charge in [-0.15, -0.1) is 0 Å². The number of rotatable bonds is 3. The molecule has 2 nitrogen and oxygen atoms in total. The van der Waals surface area contributed by atoms with Gasteiger partial charge in [-0.05, 0) is 95.1 Å². The van der Waals surface area contributed by atoms with Crippen LogP contribution in [0.4, 0.5) is 0 Å². The highest BCUT2D eigenvalue weighted by Gasteiger charge is 2.15. The van der Waals surface area contributed by atoms with Crippen molar-refractivity contribution in [2.24, 2.45) is 0 Å². The molecule has 2 aromatic heterocycles. The number of hydrogen-bond acceptors (Lipinski definition) is 2. The fourth-order valence-electron chi connectivity index (χ4n) is 5.95. The summed E-state index contributed by atoms with van der Waals surface area (Å²) in [6.07, 6.45) is 1.97. The lowest BCUT2D eigenvalue weighted by Gasteiger charge is -2.15. The molecule has 0 aliphatic carbocycles. The van der Waals surface area contributed by atoms with Gasteiger partial charge in [-0.2, -0.15) is 0 Å². The summed E-state index contributed by atoms with van der Waals surface area (Å²) < 4.78 is 0. The van der Waals surface area contributed by atoms with E-state index in [1.54, 1.807) is 0 Å². The van der Waals surface area contributed by atoms with Gasteiger partial charge in [0.2, 0.25) is 0 Å². The number of benzene rings is 5. The van der Waals surface area contributed by atoms with Gasteiger partial charge in [-0.3, -0.25) is 4.98 Å². The molecule has 5 aromatic carbocycles. The number of aryl methyl sites for hydroxylation is 3. The summed E-state index contributed by atoms with van der Waals surface area (Å²) in [7, 11) is 0. The first-order chi connectivity index (χ1) is 19.5. The largest absolute Gasteiger partial charge is 0.254 e. The molecule has 0 saturated carbocycles. The van der Waals surface area contributed by atoms with Crippen LogP contribution >= 0.6 is 0 Å². The van der Waals surface area contributed by atoms with E-state index in [2.05, 4.69) is 131 Å². The van der Waals surface area contributed by atoms with Crippen LogP contribution in [0.2, 0.25) is 0 Å². The van der Waals surface area contributed by atoms with Gasteiger partial charge in [0, 0.05) is 22.5 Å². The molecule has 0 radical (unpaired) electrons. The van der Waals surface area contributed by atoms with Crippen LogP contribution in [-0.4, -0.2) is 9.97 Å². The van der Waals surface area contributed by atoms with Gasteiger partial charge in [-0.1, -0.05) is 91.0 Å². The van der Waals surface area contributed by atoms with Gasteiger partial charge in [0.1, 0.15) is 0 Å². The lowest BCUT2D eigenvalue weighted by molar-refractivity contribution is 1.25. The molecule has 0 unspecified atom stereocenters. The summed E-state index contributed by atoms with van der Waals surface area (Å²) in [5.74, 6) is 0. The molecule has 192 valence electrons. The average molecular weight is 515 g/mol. The lowest BCUT2D eigenvalue weighted by Crippen LogP contribution is -1.97. The number of pyridine rings is 2. The predicted octanol–water partition coefficient (Wildman–Crippen LogP) is 10.2. The van der Waals surface area contributed by atoms with Gasteiger partial charge in [0.25, 0.3) is 0 Å². The number of fused-ring (bicyclic) bond motifs is 4. The maximum Gasteiger partial charge on any atom is 0.0975 e. The molecule has 0 aliphatic rings. The molecule has 0 fully saturated rings. The summed E-state index contributed by atoms with van der Waals surface area (Å²) >= 11 is 0. The molecule has 0 spiro atoms. The Labute approximate surface area is 235 Å². The molecule has 0 amide bonds. The topological polar surface area (TPSA) is 25.8 Å². The van der Waals surface area contributed by atoms with E-state index in [1.165, 1.54) is 66.1 Å². The monoisotopic (exact) mass is 514 g/mol. The fourth-order valence-corrected chi connectivity index (χ4v) is 5.95. The van der Waals surface area contributed by atoms with Crippen molar-refractivity contribution < 1.29 is 0 Å². The quantitative estimate of drug-likeness (QED) is 0.219. The maximum absolute atomic E-state index is 5.28. The molecular formula is C38H30N2. The summed E-state index contributed by atoms with van der Waals surface area (Å²) in [5, 5.41) is 4.87. The molecule has 0 aliphatic heterocycles. The SMILES string of the molecule is Cc1cnc2c(ccc3c(C)c(C)c(-c4cccc(-c5cccc(-c6cccc7ccccc67)c5)c4)nc32)c1C. The summed E-state index contributed by atoms with van der Waals surface area (Å²) in [6.45, 7) is 8.67. The van der Waals surface area contributed by atoms with Crippen LogP contribution < -0.4 is 0 Å². The molecule has 2 heteroatoms. The van der Waals surface area contributed by atoms with Gasteiger partial charge in [-0.25, -0.2) is 4.98 Å². The maximum atomic E-state index is 5.28. The van der Waals surface area contributed by atoms with Crippen molar-refractivity contribution in [3.8, 4) is 33.5 Å². The highest BCUT2D eigenvalue weighted by Crippen LogP contribution is 2.36. The molecule has 0 N–H and O–H groups in total. The van der Waals surface area contributed by atoms with Crippen LogP contribution in [0, 0.1) is 27.7 Å². The van der Waals surface area contributed by atoms with Crippen LogP contribution in [-0.2, 0) is 0 Å². The Balaban J connectivity index is 1.37. The van der Waals surface area contributed by atoms with Gasteiger partial charge < -0.3 is 0 Å². The Hall–Kier alpha value is -4.82.